The summed E-state index contributed by atoms with van der Waals surface area (Å²) in [5.74, 6) is 2.40. The molecule has 2 N–H and O–H groups in total. The van der Waals surface area contributed by atoms with E-state index in [1.165, 1.54) is 18.4 Å². The predicted molar refractivity (Wildman–Crippen MR) is 147 cm³/mol. The zero-order chi connectivity index (χ0) is 25.3. The number of fused-ring (bicyclic) bond motifs is 1. The Bertz CT molecular complexity index is 1070. The second-order valence-corrected chi connectivity index (χ2v) is 9.76. The lowest BCUT2D eigenvalue weighted by Gasteiger charge is -2.29. The number of benzene rings is 2. The molecule has 0 aliphatic heterocycles. The zero-order valence-electron chi connectivity index (χ0n) is 22.2. The molecular formula is C29H41N5O2. The summed E-state index contributed by atoms with van der Waals surface area (Å²) in [4.78, 5) is 11.6. The standard InChI is InChI=1S/C29H41N5O2/c1-5-35-28(36-6-2)23-15-11-21(12-16-23)19-30-20-22-13-17-24(18-14-22)31-29-32-26-10-8-7-9-25(26)27(33-29)34(3)4/h7-12,15-16,22,24,28,30H,5-6,13-14,17-20H2,1-4H3,(H,31,32,33)/t22-,24+. The van der Waals surface area contributed by atoms with Crippen LogP contribution in [-0.2, 0) is 16.0 Å². The normalized spacial score (nSPS) is 18.0. The van der Waals surface area contributed by atoms with E-state index in [-0.39, 0.29) is 6.29 Å². The molecule has 4 rings (SSSR count). The predicted octanol–water partition coefficient (Wildman–Crippen LogP) is 5.53. The van der Waals surface area contributed by atoms with Gasteiger partial charge in [0.25, 0.3) is 0 Å². The fraction of sp³-hybridized carbons (Fsp3) is 0.517. The molecule has 0 amide bonds. The molecule has 1 fully saturated rings. The molecule has 0 atom stereocenters. The van der Waals surface area contributed by atoms with E-state index in [4.69, 9.17) is 19.4 Å². The van der Waals surface area contributed by atoms with Crippen molar-refractivity contribution < 1.29 is 9.47 Å². The zero-order valence-corrected chi connectivity index (χ0v) is 22.2. The van der Waals surface area contributed by atoms with E-state index in [9.17, 15) is 0 Å². The summed E-state index contributed by atoms with van der Waals surface area (Å²) >= 11 is 0. The number of hydrogen-bond donors (Lipinski definition) is 2. The number of anilines is 2. The van der Waals surface area contributed by atoms with Gasteiger partial charge >= 0.3 is 0 Å². The molecule has 0 bridgehead atoms. The van der Waals surface area contributed by atoms with Crippen LogP contribution in [0.15, 0.2) is 48.5 Å². The van der Waals surface area contributed by atoms with Gasteiger partial charge in [-0.1, -0.05) is 36.4 Å². The van der Waals surface area contributed by atoms with Gasteiger partial charge in [-0.05, 0) is 69.7 Å². The van der Waals surface area contributed by atoms with E-state index in [1.807, 2.05) is 40.1 Å². The number of nitrogens with one attached hydrogen (secondary N) is 2. The van der Waals surface area contributed by atoms with Crippen LogP contribution >= 0.6 is 0 Å². The highest BCUT2D eigenvalue weighted by molar-refractivity contribution is 5.90. The highest BCUT2D eigenvalue weighted by Gasteiger charge is 2.22. The molecule has 0 saturated heterocycles. The van der Waals surface area contributed by atoms with Gasteiger partial charge in [-0.25, -0.2) is 4.98 Å². The quantitative estimate of drug-likeness (QED) is 0.323. The second-order valence-electron chi connectivity index (χ2n) is 9.76. The summed E-state index contributed by atoms with van der Waals surface area (Å²) in [6.45, 7) is 7.19. The van der Waals surface area contributed by atoms with Crippen molar-refractivity contribution in [1.29, 1.82) is 0 Å². The van der Waals surface area contributed by atoms with E-state index in [0.717, 1.165) is 54.2 Å². The Morgan fingerprint density at radius 1 is 0.917 bits per heavy atom. The summed E-state index contributed by atoms with van der Waals surface area (Å²) in [6, 6.07) is 17.2. The van der Waals surface area contributed by atoms with E-state index in [1.54, 1.807) is 0 Å². The molecular weight excluding hydrogens is 450 g/mol. The number of nitrogens with zero attached hydrogens (tertiary/aromatic N) is 3. The van der Waals surface area contributed by atoms with Crippen LogP contribution in [0.4, 0.5) is 11.8 Å². The molecule has 1 saturated carbocycles. The summed E-state index contributed by atoms with van der Waals surface area (Å²) < 4.78 is 11.4. The van der Waals surface area contributed by atoms with E-state index >= 15 is 0 Å². The first kappa shape index (κ1) is 26.3. The molecule has 1 aliphatic rings. The summed E-state index contributed by atoms with van der Waals surface area (Å²) in [5.41, 5.74) is 3.34. The van der Waals surface area contributed by atoms with Crippen molar-refractivity contribution >= 4 is 22.7 Å². The van der Waals surface area contributed by atoms with Crippen LogP contribution in [0.5, 0.6) is 0 Å². The minimum absolute atomic E-state index is 0.278. The molecule has 7 heteroatoms. The van der Waals surface area contributed by atoms with E-state index in [0.29, 0.717) is 25.2 Å². The van der Waals surface area contributed by atoms with Gasteiger partial charge in [-0.15, -0.1) is 0 Å². The first-order chi connectivity index (χ1) is 17.6. The molecule has 36 heavy (non-hydrogen) atoms. The highest BCUT2D eigenvalue weighted by Crippen LogP contribution is 2.28. The SMILES string of the molecule is CCOC(OCC)c1ccc(CNC[C@H]2CC[C@@H](Nc3nc(N(C)C)c4ccccc4n3)CC2)cc1. The van der Waals surface area contributed by atoms with Gasteiger partial charge in [0, 0.05) is 50.8 Å². The summed E-state index contributed by atoms with van der Waals surface area (Å²) in [6.07, 6.45) is 4.43. The minimum Gasteiger partial charge on any atom is -0.362 e. The fourth-order valence-corrected chi connectivity index (χ4v) is 4.92. The number of rotatable bonds is 12. The van der Waals surface area contributed by atoms with Crippen LogP contribution in [0, 0.1) is 5.92 Å². The molecule has 1 aromatic heterocycles. The fourth-order valence-electron chi connectivity index (χ4n) is 4.92. The van der Waals surface area contributed by atoms with Gasteiger partial charge in [0.15, 0.2) is 6.29 Å². The van der Waals surface area contributed by atoms with Crippen molar-refractivity contribution in [3.63, 3.8) is 0 Å². The Hall–Kier alpha value is -2.74. The van der Waals surface area contributed by atoms with Crippen LogP contribution in [0.1, 0.15) is 56.9 Å². The molecule has 194 valence electrons. The van der Waals surface area contributed by atoms with Gasteiger partial charge in [0.2, 0.25) is 5.95 Å². The van der Waals surface area contributed by atoms with E-state index < -0.39 is 0 Å². The van der Waals surface area contributed by atoms with Gasteiger partial charge in [0.1, 0.15) is 5.82 Å². The van der Waals surface area contributed by atoms with Crippen LogP contribution in [0.3, 0.4) is 0 Å². The van der Waals surface area contributed by atoms with Crippen molar-refractivity contribution in [1.82, 2.24) is 15.3 Å². The lowest BCUT2D eigenvalue weighted by Crippen LogP contribution is -2.31. The Labute approximate surface area is 215 Å². The van der Waals surface area contributed by atoms with Crippen LogP contribution in [0.25, 0.3) is 10.9 Å². The molecule has 7 nitrogen and oxygen atoms in total. The maximum atomic E-state index is 5.70. The highest BCUT2D eigenvalue weighted by atomic mass is 16.7. The van der Waals surface area contributed by atoms with Crippen LogP contribution in [0.2, 0.25) is 0 Å². The van der Waals surface area contributed by atoms with Gasteiger partial charge < -0.3 is 25.0 Å². The molecule has 1 aliphatic carbocycles. The van der Waals surface area contributed by atoms with Crippen molar-refractivity contribution in [2.75, 3.05) is 44.1 Å². The first-order valence-electron chi connectivity index (χ1n) is 13.3. The monoisotopic (exact) mass is 491 g/mol. The molecule has 0 spiro atoms. The lowest BCUT2D eigenvalue weighted by atomic mass is 9.86. The molecule has 0 unspecified atom stereocenters. The average Bonchev–Trinajstić information content (AvgIpc) is 2.89. The first-order valence-corrected chi connectivity index (χ1v) is 13.3. The number of para-hydroxylation sites is 1. The summed E-state index contributed by atoms with van der Waals surface area (Å²) in [5, 5.41) is 8.36. The molecule has 2 aromatic carbocycles. The molecule has 0 radical (unpaired) electrons. The topological polar surface area (TPSA) is 71.5 Å². The van der Waals surface area contributed by atoms with Gasteiger partial charge in [-0.2, -0.15) is 4.98 Å². The largest absolute Gasteiger partial charge is 0.362 e. The minimum atomic E-state index is -0.278. The Balaban J connectivity index is 1.23. The number of hydrogen-bond acceptors (Lipinski definition) is 7. The third kappa shape index (κ3) is 6.93. The average molecular weight is 492 g/mol. The van der Waals surface area contributed by atoms with Gasteiger partial charge in [0.05, 0.1) is 5.52 Å². The smallest absolute Gasteiger partial charge is 0.225 e. The Morgan fingerprint density at radius 3 is 2.28 bits per heavy atom. The Kier molecular flexibility index (Phi) is 9.50. The van der Waals surface area contributed by atoms with Crippen LogP contribution < -0.4 is 15.5 Å². The molecule has 3 aromatic rings. The van der Waals surface area contributed by atoms with E-state index in [2.05, 4.69) is 51.9 Å². The lowest BCUT2D eigenvalue weighted by molar-refractivity contribution is -0.140. The van der Waals surface area contributed by atoms with Crippen molar-refractivity contribution in [2.45, 2.75) is 58.4 Å². The third-order valence-corrected chi connectivity index (χ3v) is 6.84. The number of ether oxygens (including phenoxy) is 2. The third-order valence-electron chi connectivity index (χ3n) is 6.84. The maximum absolute atomic E-state index is 5.70. The van der Waals surface area contributed by atoms with Gasteiger partial charge in [-0.3, -0.25) is 0 Å². The van der Waals surface area contributed by atoms with Crippen molar-refractivity contribution in [3.8, 4) is 0 Å². The van der Waals surface area contributed by atoms with Crippen molar-refractivity contribution in [3.05, 3.63) is 59.7 Å². The second kappa shape index (κ2) is 13.0. The summed E-state index contributed by atoms with van der Waals surface area (Å²) in [7, 11) is 4.06. The number of aromatic nitrogens is 2. The van der Waals surface area contributed by atoms with Crippen LogP contribution in [-0.4, -0.2) is 49.9 Å². The Morgan fingerprint density at radius 2 is 1.61 bits per heavy atom. The molecule has 1 heterocycles. The maximum Gasteiger partial charge on any atom is 0.225 e. The van der Waals surface area contributed by atoms with Crippen molar-refractivity contribution in [2.24, 2.45) is 5.92 Å².